The van der Waals surface area contributed by atoms with Crippen LogP contribution < -0.4 is 0 Å². The Morgan fingerprint density at radius 1 is 1.64 bits per heavy atom. The minimum Gasteiger partial charge on any atom is -0.448 e. The van der Waals surface area contributed by atoms with Crippen molar-refractivity contribution in [2.75, 3.05) is 0 Å². The standard InChI is InChI=1S/C7H5BrN4OS/c8-6-2-1-5(13-6)3-10-12-4-9-11-7(12)14/h1-4H,(H,11,14)/b10-3+. The van der Waals surface area contributed by atoms with Crippen molar-refractivity contribution in [3.8, 4) is 0 Å². The van der Waals surface area contributed by atoms with Gasteiger partial charge in [0.2, 0.25) is 4.77 Å². The van der Waals surface area contributed by atoms with Crippen LogP contribution in [0.5, 0.6) is 0 Å². The fourth-order valence-corrected chi connectivity index (χ4v) is 1.31. The van der Waals surface area contributed by atoms with Crippen molar-refractivity contribution in [2.24, 2.45) is 5.10 Å². The number of furan rings is 1. The molecule has 0 aliphatic rings. The van der Waals surface area contributed by atoms with Crippen molar-refractivity contribution >= 4 is 34.4 Å². The highest BCUT2D eigenvalue weighted by atomic mass is 79.9. The van der Waals surface area contributed by atoms with Gasteiger partial charge in [-0.05, 0) is 40.3 Å². The number of H-pyrrole nitrogens is 1. The first-order valence-electron chi connectivity index (χ1n) is 3.67. The molecule has 0 aliphatic carbocycles. The van der Waals surface area contributed by atoms with Gasteiger partial charge in [-0.2, -0.15) is 14.9 Å². The van der Waals surface area contributed by atoms with Gasteiger partial charge >= 0.3 is 0 Å². The first kappa shape index (κ1) is 9.35. The third kappa shape index (κ3) is 1.99. The van der Waals surface area contributed by atoms with Crippen LogP contribution in [0.15, 0.2) is 32.6 Å². The van der Waals surface area contributed by atoms with E-state index in [-0.39, 0.29) is 0 Å². The van der Waals surface area contributed by atoms with Crippen molar-refractivity contribution in [1.29, 1.82) is 0 Å². The molecule has 0 unspecified atom stereocenters. The van der Waals surface area contributed by atoms with E-state index in [0.29, 0.717) is 15.2 Å². The molecule has 5 nitrogen and oxygen atoms in total. The lowest BCUT2D eigenvalue weighted by molar-refractivity contribution is 0.534. The third-order valence-corrected chi connectivity index (χ3v) is 2.14. The lowest BCUT2D eigenvalue weighted by Gasteiger charge is -1.87. The van der Waals surface area contributed by atoms with Crippen molar-refractivity contribution < 1.29 is 4.42 Å². The Morgan fingerprint density at radius 3 is 3.07 bits per heavy atom. The van der Waals surface area contributed by atoms with Gasteiger partial charge in [0, 0.05) is 0 Å². The average Bonchev–Trinajstić information content (AvgIpc) is 2.72. The Balaban J connectivity index is 2.23. The molecule has 0 fully saturated rings. The lowest BCUT2D eigenvalue weighted by Crippen LogP contribution is -1.87. The number of halogens is 1. The van der Waals surface area contributed by atoms with E-state index in [1.807, 2.05) is 0 Å². The molecule has 14 heavy (non-hydrogen) atoms. The smallest absolute Gasteiger partial charge is 0.216 e. The van der Waals surface area contributed by atoms with Crippen LogP contribution in [-0.4, -0.2) is 21.1 Å². The van der Waals surface area contributed by atoms with Crippen molar-refractivity contribution in [1.82, 2.24) is 14.9 Å². The number of rotatable bonds is 2. The molecule has 0 aromatic carbocycles. The van der Waals surface area contributed by atoms with E-state index >= 15 is 0 Å². The largest absolute Gasteiger partial charge is 0.448 e. The van der Waals surface area contributed by atoms with Crippen molar-refractivity contribution in [3.05, 3.63) is 33.7 Å². The molecule has 2 aromatic heterocycles. The highest BCUT2D eigenvalue weighted by Crippen LogP contribution is 2.12. The molecule has 0 saturated heterocycles. The monoisotopic (exact) mass is 272 g/mol. The minimum atomic E-state index is 0.437. The second-order valence-corrected chi connectivity index (χ2v) is 3.56. The second-order valence-electron chi connectivity index (χ2n) is 2.39. The van der Waals surface area contributed by atoms with Gasteiger partial charge in [-0.25, -0.2) is 0 Å². The maximum absolute atomic E-state index is 5.21. The number of aromatic nitrogens is 3. The fourth-order valence-electron chi connectivity index (χ4n) is 0.841. The molecule has 2 rings (SSSR count). The molecule has 0 saturated carbocycles. The summed E-state index contributed by atoms with van der Waals surface area (Å²) >= 11 is 8.09. The first-order chi connectivity index (χ1) is 6.75. The molecule has 2 aromatic rings. The second kappa shape index (κ2) is 3.89. The summed E-state index contributed by atoms with van der Waals surface area (Å²) in [5, 5.41) is 10.3. The highest BCUT2D eigenvalue weighted by Gasteiger charge is 1.95. The molecule has 72 valence electrons. The van der Waals surface area contributed by atoms with Crippen molar-refractivity contribution in [3.63, 3.8) is 0 Å². The van der Waals surface area contributed by atoms with Crippen molar-refractivity contribution in [2.45, 2.75) is 0 Å². The quantitative estimate of drug-likeness (QED) is 0.674. The Bertz CT molecular complexity index is 511. The SMILES string of the molecule is S=c1[nH]ncn1/N=C/c1ccc(Br)o1. The van der Waals surface area contributed by atoms with E-state index in [0.717, 1.165) is 0 Å². The number of hydrogen-bond acceptors (Lipinski definition) is 4. The molecule has 0 atom stereocenters. The Labute approximate surface area is 92.6 Å². The lowest BCUT2D eigenvalue weighted by atomic mass is 10.5. The van der Waals surface area contributed by atoms with E-state index < -0.39 is 0 Å². The predicted molar refractivity (Wildman–Crippen MR) is 56.8 cm³/mol. The first-order valence-corrected chi connectivity index (χ1v) is 4.87. The van der Waals surface area contributed by atoms with Gasteiger partial charge in [0.15, 0.2) is 4.67 Å². The van der Waals surface area contributed by atoms with Gasteiger partial charge in [0.1, 0.15) is 12.1 Å². The van der Waals surface area contributed by atoms with Gasteiger partial charge in [0.05, 0.1) is 6.21 Å². The van der Waals surface area contributed by atoms with Gasteiger partial charge in [-0.3, -0.25) is 5.10 Å². The summed E-state index contributed by atoms with van der Waals surface area (Å²) in [6.07, 6.45) is 3.03. The highest BCUT2D eigenvalue weighted by molar-refractivity contribution is 9.10. The summed E-state index contributed by atoms with van der Waals surface area (Å²) < 4.78 is 7.75. The van der Waals surface area contributed by atoms with E-state index in [9.17, 15) is 0 Å². The molecule has 2 heterocycles. The maximum Gasteiger partial charge on any atom is 0.216 e. The van der Waals surface area contributed by atoms with Gasteiger partial charge < -0.3 is 4.42 Å². The molecule has 0 amide bonds. The Morgan fingerprint density at radius 2 is 2.50 bits per heavy atom. The topological polar surface area (TPSA) is 59.1 Å². The zero-order valence-electron chi connectivity index (χ0n) is 6.85. The maximum atomic E-state index is 5.21. The van der Waals surface area contributed by atoms with E-state index in [1.54, 1.807) is 18.3 Å². The van der Waals surface area contributed by atoms with Crippen LogP contribution in [0.2, 0.25) is 0 Å². The Hall–Kier alpha value is -1.21. The van der Waals surface area contributed by atoms with Crippen LogP contribution in [0, 0.1) is 4.77 Å². The summed E-state index contributed by atoms with van der Waals surface area (Å²) in [6.45, 7) is 0. The molecular weight excluding hydrogens is 268 g/mol. The Kier molecular flexibility index (Phi) is 2.60. The number of nitrogens with zero attached hydrogens (tertiary/aromatic N) is 3. The zero-order valence-corrected chi connectivity index (χ0v) is 9.25. The summed E-state index contributed by atoms with van der Waals surface area (Å²) in [6, 6.07) is 3.58. The third-order valence-electron chi connectivity index (χ3n) is 1.44. The van der Waals surface area contributed by atoms with E-state index in [1.165, 1.54) is 11.0 Å². The fraction of sp³-hybridized carbons (Fsp3) is 0. The minimum absolute atomic E-state index is 0.437. The molecular formula is C7H5BrN4OS. The normalized spacial score (nSPS) is 11.2. The zero-order chi connectivity index (χ0) is 9.97. The van der Waals surface area contributed by atoms with Crippen LogP contribution in [0.25, 0.3) is 0 Å². The van der Waals surface area contributed by atoms with Crippen LogP contribution in [0.4, 0.5) is 0 Å². The number of nitrogens with one attached hydrogen (secondary N) is 1. The van der Waals surface area contributed by atoms with E-state index in [4.69, 9.17) is 16.6 Å². The summed E-state index contributed by atoms with van der Waals surface area (Å²) in [4.78, 5) is 0. The molecule has 0 radical (unpaired) electrons. The van der Waals surface area contributed by atoms with Gasteiger partial charge in [-0.1, -0.05) is 0 Å². The van der Waals surface area contributed by atoms with Crippen LogP contribution in [-0.2, 0) is 0 Å². The molecule has 0 aliphatic heterocycles. The summed E-state index contributed by atoms with van der Waals surface area (Å²) in [7, 11) is 0. The summed E-state index contributed by atoms with van der Waals surface area (Å²) in [5.74, 6) is 0.639. The number of hydrogen-bond donors (Lipinski definition) is 1. The van der Waals surface area contributed by atoms with Crippen LogP contribution in [0.1, 0.15) is 5.76 Å². The van der Waals surface area contributed by atoms with Crippen LogP contribution in [0.3, 0.4) is 0 Å². The van der Waals surface area contributed by atoms with Gasteiger partial charge in [-0.15, -0.1) is 0 Å². The molecule has 0 bridgehead atoms. The van der Waals surface area contributed by atoms with Crippen LogP contribution >= 0.6 is 28.1 Å². The molecule has 1 N–H and O–H groups in total. The average molecular weight is 273 g/mol. The molecule has 7 heteroatoms. The summed E-state index contributed by atoms with van der Waals surface area (Å²) in [5.41, 5.74) is 0. The van der Waals surface area contributed by atoms with Gasteiger partial charge in [0.25, 0.3) is 0 Å². The molecule has 0 spiro atoms. The van der Waals surface area contributed by atoms with E-state index in [2.05, 4.69) is 31.2 Å². The number of aromatic amines is 1. The predicted octanol–water partition coefficient (Wildman–Crippen LogP) is 2.18.